The zero-order valence-electron chi connectivity index (χ0n) is 13.3. The summed E-state index contributed by atoms with van der Waals surface area (Å²) in [5, 5.41) is 7.27. The predicted molar refractivity (Wildman–Crippen MR) is 88.4 cm³/mol. The van der Waals surface area contributed by atoms with Crippen LogP contribution in [0.25, 0.3) is 0 Å². The van der Waals surface area contributed by atoms with E-state index in [1.165, 1.54) is 10.2 Å². The van der Waals surface area contributed by atoms with Crippen LogP contribution in [0.1, 0.15) is 36.2 Å². The highest BCUT2D eigenvalue weighted by Gasteiger charge is 2.21. The Labute approximate surface area is 135 Å². The molecule has 0 saturated heterocycles. The van der Waals surface area contributed by atoms with Crippen LogP contribution >= 0.6 is 0 Å². The predicted octanol–water partition coefficient (Wildman–Crippen LogP) is 1.65. The minimum Gasteiger partial charge on any atom is -0.354 e. The summed E-state index contributed by atoms with van der Waals surface area (Å²) in [5.41, 5.74) is 2.96. The standard InChI is InChI=1S/C18H21N3O2/c1-13(18(23)19-11-10-14-6-3-2-4-7-14)21-17(22)12-15-8-5-9-16(15)20-21/h2-4,6-7,12-13H,5,8-11H2,1H3,(H,19,23). The molecule has 1 amide bonds. The Hall–Kier alpha value is -2.43. The molecule has 5 heteroatoms. The molecule has 0 fully saturated rings. The van der Waals surface area contributed by atoms with Crippen molar-refractivity contribution in [3.05, 3.63) is 63.6 Å². The van der Waals surface area contributed by atoms with Gasteiger partial charge in [-0.3, -0.25) is 9.59 Å². The van der Waals surface area contributed by atoms with Gasteiger partial charge < -0.3 is 5.32 Å². The SMILES string of the molecule is CC(C(=O)NCCc1ccccc1)n1nc2c(cc1=O)CCC2. The summed E-state index contributed by atoms with van der Waals surface area (Å²) < 4.78 is 1.31. The number of aromatic nitrogens is 2. The smallest absolute Gasteiger partial charge is 0.267 e. The zero-order valence-corrected chi connectivity index (χ0v) is 13.3. The largest absolute Gasteiger partial charge is 0.354 e. The van der Waals surface area contributed by atoms with E-state index in [9.17, 15) is 9.59 Å². The number of hydrogen-bond donors (Lipinski definition) is 1. The van der Waals surface area contributed by atoms with E-state index in [0.717, 1.165) is 36.9 Å². The molecule has 0 radical (unpaired) electrons. The summed E-state index contributed by atoms with van der Waals surface area (Å²) in [5.74, 6) is -0.173. The van der Waals surface area contributed by atoms with Gasteiger partial charge in [0, 0.05) is 12.6 Å². The fraction of sp³-hybridized carbons (Fsp3) is 0.389. The molecule has 0 bridgehead atoms. The molecule has 120 valence electrons. The van der Waals surface area contributed by atoms with Crippen molar-refractivity contribution in [1.29, 1.82) is 0 Å². The average molecular weight is 311 g/mol. The van der Waals surface area contributed by atoms with Crippen molar-refractivity contribution in [1.82, 2.24) is 15.1 Å². The first-order valence-corrected chi connectivity index (χ1v) is 8.08. The molecule has 3 rings (SSSR count). The van der Waals surface area contributed by atoms with Gasteiger partial charge in [0.05, 0.1) is 5.69 Å². The number of nitrogens with zero attached hydrogens (tertiary/aromatic N) is 2. The Morgan fingerprint density at radius 2 is 2.09 bits per heavy atom. The van der Waals surface area contributed by atoms with Crippen molar-refractivity contribution in [2.24, 2.45) is 0 Å². The highest BCUT2D eigenvalue weighted by molar-refractivity contribution is 5.79. The number of hydrogen-bond acceptors (Lipinski definition) is 3. The highest BCUT2D eigenvalue weighted by Crippen LogP contribution is 2.17. The Balaban J connectivity index is 1.62. The van der Waals surface area contributed by atoms with Gasteiger partial charge in [-0.25, -0.2) is 4.68 Å². The van der Waals surface area contributed by atoms with Crippen LogP contribution in [0.3, 0.4) is 0 Å². The van der Waals surface area contributed by atoms with E-state index in [0.29, 0.717) is 6.54 Å². The van der Waals surface area contributed by atoms with Gasteiger partial charge in [-0.1, -0.05) is 30.3 Å². The van der Waals surface area contributed by atoms with Gasteiger partial charge in [-0.2, -0.15) is 5.10 Å². The number of carbonyl (C=O) groups is 1. The fourth-order valence-corrected chi connectivity index (χ4v) is 2.93. The molecule has 1 heterocycles. The molecule has 1 aliphatic carbocycles. The maximum atomic E-state index is 12.3. The number of rotatable bonds is 5. The van der Waals surface area contributed by atoms with E-state index < -0.39 is 6.04 Å². The molecule has 0 saturated carbocycles. The Bertz CT molecular complexity index is 753. The minimum absolute atomic E-state index is 0.173. The first-order chi connectivity index (χ1) is 11.1. The normalized spacial score (nSPS) is 14.3. The van der Waals surface area contributed by atoms with E-state index in [-0.39, 0.29) is 11.5 Å². The molecule has 1 aromatic heterocycles. The summed E-state index contributed by atoms with van der Waals surface area (Å²) in [7, 11) is 0. The van der Waals surface area contributed by atoms with E-state index >= 15 is 0 Å². The molecular weight excluding hydrogens is 290 g/mol. The molecule has 1 N–H and O–H groups in total. The van der Waals surface area contributed by atoms with Crippen molar-refractivity contribution < 1.29 is 4.79 Å². The van der Waals surface area contributed by atoms with Crippen LogP contribution < -0.4 is 10.9 Å². The quantitative estimate of drug-likeness (QED) is 0.913. The van der Waals surface area contributed by atoms with Gasteiger partial charge in [-0.05, 0) is 43.7 Å². The second-order valence-electron chi connectivity index (χ2n) is 5.96. The second-order valence-corrected chi connectivity index (χ2v) is 5.96. The van der Waals surface area contributed by atoms with Crippen molar-refractivity contribution in [3.8, 4) is 0 Å². The lowest BCUT2D eigenvalue weighted by Crippen LogP contribution is -2.38. The van der Waals surface area contributed by atoms with Crippen LogP contribution in [0.2, 0.25) is 0 Å². The molecule has 0 aliphatic heterocycles. The molecule has 1 aliphatic rings. The van der Waals surface area contributed by atoms with Crippen molar-refractivity contribution >= 4 is 5.91 Å². The van der Waals surface area contributed by atoms with Crippen LogP contribution in [0.5, 0.6) is 0 Å². The van der Waals surface area contributed by atoms with E-state index in [2.05, 4.69) is 10.4 Å². The third-order valence-electron chi connectivity index (χ3n) is 4.28. The maximum absolute atomic E-state index is 12.3. The van der Waals surface area contributed by atoms with Gasteiger partial charge >= 0.3 is 0 Å². The average Bonchev–Trinajstić information content (AvgIpc) is 3.01. The number of nitrogens with one attached hydrogen (secondary N) is 1. The zero-order chi connectivity index (χ0) is 16.2. The second kappa shape index (κ2) is 6.77. The van der Waals surface area contributed by atoms with E-state index in [4.69, 9.17) is 0 Å². The van der Waals surface area contributed by atoms with Gasteiger partial charge in [0.25, 0.3) is 5.56 Å². The van der Waals surface area contributed by atoms with Crippen LogP contribution in [-0.4, -0.2) is 22.2 Å². The number of aryl methyl sites for hydroxylation is 2. The maximum Gasteiger partial charge on any atom is 0.267 e. The van der Waals surface area contributed by atoms with Gasteiger partial charge in [-0.15, -0.1) is 0 Å². The fourth-order valence-electron chi connectivity index (χ4n) is 2.93. The number of amides is 1. The molecule has 5 nitrogen and oxygen atoms in total. The first kappa shape index (κ1) is 15.5. The first-order valence-electron chi connectivity index (χ1n) is 8.08. The van der Waals surface area contributed by atoms with Gasteiger partial charge in [0.2, 0.25) is 5.91 Å². The lowest BCUT2D eigenvalue weighted by molar-refractivity contribution is -0.124. The highest BCUT2D eigenvalue weighted by atomic mass is 16.2. The number of fused-ring (bicyclic) bond motifs is 1. The van der Waals surface area contributed by atoms with Crippen LogP contribution in [0.4, 0.5) is 0 Å². The van der Waals surface area contributed by atoms with E-state index in [1.807, 2.05) is 30.3 Å². The van der Waals surface area contributed by atoms with E-state index in [1.54, 1.807) is 13.0 Å². The lowest BCUT2D eigenvalue weighted by Gasteiger charge is -2.15. The summed E-state index contributed by atoms with van der Waals surface area (Å²) in [6, 6.07) is 11.0. The third-order valence-corrected chi connectivity index (χ3v) is 4.28. The Morgan fingerprint density at radius 3 is 2.87 bits per heavy atom. The lowest BCUT2D eigenvalue weighted by atomic mass is 10.1. The Morgan fingerprint density at radius 1 is 1.30 bits per heavy atom. The van der Waals surface area contributed by atoms with Crippen molar-refractivity contribution in [3.63, 3.8) is 0 Å². The molecular formula is C18H21N3O2. The van der Waals surface area contributed by atoms with Gasteiger partial charge in [0.15, 0.2) is 0 Å². The minimum atomic E-state index is -0.593. The number of carbonyl (C=O) groups excluding carboxylic acids is 1. The summed E-state index contributed by atoms with van der Waals surface area (Å²) in [4.78, 5) is 24.4. The summed E-state index contributed by atoms with van der Waals surface area (Å²) >= 11 is 0. The topological polar surface area (TPSA) is 64.0 Å². The molecule has 0 spiro atoms. The monoisotopic (exact) mass is 311 g/mol. The van der Waals surface area contributed by atoms with Crippen LogP contribution in [0.15, 0.2) is 41.2 Å². The van der Waals surface area contributed by atoms with Crippen molar-refractivity contribution in [2.45, 2.75) is 38.6 Å². The molecule has 2 aromatic rings. The number of benzene rings is 1. The molecule has 23 heavy (non-hydrogen) atoms. The van der Waals surface area contributed by atoms with Crippen LogP contribution in [-0.2, 0) is 24.1 Å². The summed E-state index contributed by atoms with van der Waals surface area (Å²) in [6.45, 7) is 2.26. The molecule has 1 unspecified atom stereocenters. The molecule has 1 atom stereocenters. The van der Waals surface area contributed by atoms with Crippen LogP contribution in [0, 0.1) is 0 Å². The molecule has 1 aromatic carbocycles. The van der Waals surface area contributed by atoms with Crippen molar-refractivity contribution in [2.75, 3.05) is 6.54 Å². The van der Waals surface area contributed by atoms with Gasteiger partial charge in [0.1, 0.15) is 6.04 Å². The summed E-state index contributed by atoms with van der Waals surface area (Å²) in [6.07, 6.45) is 3.60. The third kappa shape index (κ3) is 3.50. The Kier molecular flexibility index (Phi) is 4.55.